The van der Waals surface area contributed by atoms with E-state index in [9.17, 15) is 0 Å². The summed E-state index contributed by atoms with van der Waals surface area (Å²) in [6, 6.07) is 0. The molecule has 1 aliphatic heterocycles. The summed E-state index contributed by atoms with van der Waals surface area (Å²) in [6.07, 6.45) is 2.36. The fourth-order valence-electron chi connectivity index (χ4n) is 2.48. The van der Waals surface area contributed by atoms with Crippen molar-refractivity contribution in [3.8, 4) is 0 Å². The van der Waals surface area contributed by atoms with Crippen LogP contribution in [0.5, 0.6) is 0 Å². The Bertz CT molecular complexity index is 217. The SMILES string of the molecule is C=C1C(=C)[C@@H]2C[C@H]1[C@H]1O[C@H]12. The van der Waals surface area contributed by atoms with Crippen LogP contribution >= 0.6 is 0 Å². The molecule has 52 valence electrons. The van der Waals surface area contributed by atoms with Gasteiger partial charge in [-0.15, -0.1) is 0 Å². The smallest absolute Gasteiger partial charge is 0.0916 e. The fourth-order valence-corrected chi connectivity index (χ4v) is 2.48. The molecule has 0 amide bonds. The first-order valence-corrected chi connectivity index (χ1v) is 3.82. The molecule has 1 nitrogen and oxygen atoms in total. The van der Waals surface area contributed by atoms with E-state index in [0.29, 0.717) is 24.0 Å². The van der Waals surface area contributed by atoms with Crippen LogP contribution in [0.2, 0.25) is 0 Å². The standard InChI is InChI=1S/C9H10O/c1-4-5(2)7-3-6(4)8-9(7)10-8/h6-9H,1-3H2/t6-,7+,8-,9+. The first-order valence-electron chi connectivity index (χ1n) is 3.82. The second-order valence-electron chi connectivity index (χ2n) is 3.56. The van der Waals surface area contributed by atoms with Gasteiger partial charge in [0.25, 0.3) is 0 Å². The topological polar surface area (TPSA) is 12.5 Å². The molecule has 3 rings (SSSR count). The second kappa shape index (κ2) is 1.24. The van der Waals surface area contributed by atoms with Crippen molar-refractivity contribution in [2.24, 2.45) is 11.8 Å². The zero-order valence-electron chi connectivity index (χ0n) is 5.84. The predicted octanol–water partition coefficient (Wildman–Crippen LogP) is 1.52. The van der Waals surface area contributed by atoms with Gasteiger partial charge in [-0.2, -0.15) is 0 Å². The molecule has 3 fully saturated rings. The summed E-state index contributed by atoms with van der Waals surface area (Å²) in [4.78, 5) is 0. The zero-order valence-corrected chi connectivity index (χ0v) is 5.84. The Morgan fingerprint density at radius 1 is 1.10 bits per heavy atom. The number of ether oxygens (including phenoxy) is 1. The molecule has 0 aromatic heterocycles. The van der Waals surface area contributed by atoms with E-state index in [-0.39, 0.29) is 0 Å². The Balaban J connectivity index is 2.11. The minimum absolute atomic E-state index is 0.544. The molecule has 1 heteroatoms. The van der Waals surface area contributed by atoms with Crippen LogP contribution in [0.15, 0.2) is 24.3 Å². The summed E-state index contributed by atoms with van der Waals surface area (Å²) in [5.74, 6) is 1.28. The van der Waals surface area contributed by atoms with Gasteiger partial charge in [-0.25, -0.2) is 0 Å². The molecule has 10 heavy (non-hydrogen) atoms. The first-order chi connectivity index (χ1) is 4.79. The van der Waals surface area contributed by atoms with Crippen molar-refractivity contribution in [3.05, 3.63) is 24.3 Å². The van der Waals surface area contributed by atoms with Crippen molar-refractivity contribution < 1.29 is 4.74 Å². The normalized spacial score (nSPS) is 55.6. The van der Waals surface area contributed by atoms with E-state index in [0.717, 1.165) is 0 Å². The Labute approximate surface area is 60.4 Å². The Morgan fingerprint density at radius 2 is 1.60 bits per heavy atom. The minimum atomic E-state index is 0.544. The molecule has 0 N–H and O–H groups in total. The Kier molecular flexibility index (Phi) is 0.635. The predicted molar refractivity (Wildman–Crippen MR) is 38.5 cm³/mol. The van der Waals surface area contributed by atoms with Crippen LogP contribution in [-0.4, -0.2) is 12.2 Å². The van der Waals surface area contributed by atoms with Gasteiger partial charge in [0, 0.05) is 11.8 Å². The lowest BCUT2D eigenvalue weighted by Gasteiger charge is -2.09. The van der Waals surface area contributed by atoms with E-state index in [1.807, 2.05) is 0 Å². The average Bonchev–Trinajstić information content (AvgIpc) is 2.57. The van der Waals surface area contributed by atoms with Crippen molar-refractivity contribution in [2.45, 2.75) is 18.6 Å². The van der Waals surface area contributed by atoms with Gasteiger partial charge in [-0.3, -0.25) is 0 Å². The molecule has 2 saturated carbocycles. The van der Waals surface area contributed by atoms with Gasteiger partial charge in [0.05, 0.1) is 12.2 Å². The van der Waals surface area contributed by atoms with Gasteiger partial charge in [-0.05, 0) is 17.6 Å². The summed E-state index contributed by atoms with van der Waals surface area (Å²) < 4.78 is 5.46. The van der Waals surface area contributed by atoms with Crippen LogP contribution in [0.4, 0.5) is 0 Å². The molecule has 4 atom stereocenters. The first kappa shape index (κ1) is 5.14. The van der Waals surface area contributed by atoms with Gasteiger partial charge < -0.3 is 4.74 Å². The number of rotatable bonds is 0. The zero-order chi connectivity index (χ0) is 6.88. The molecule has 0 aromatic rings. The molecular formula is C9H10O. The highest BCUT2D eigenvalue weighted by molar-refractivity contribution is 5.44. The number of epoxide rings is 1. The molecule has 2 aliphatic carbocycles. The maximum Gasteiger partial charge on any atom is 0.0916 e. The monoisotopic (exact) mass is 134 g/mol. The largest absolute Gasteiger partial charge is 0.368 e. The number of hydrogen-bond donors (Lipinski definition) is 0. The quantitative estimate of drug-likeness (QED) is 0.457. The molecule has 0 spiro atoms. The highest BCUT2D eigenvalue weighted by atomic mass is 16.6. The van der Waals surface area contributed by atoms with E-state index >= 15 is 0 Å². The lowest BCUT2D eigenvalue weighted by Crippen LogP contribution is -2.09. The molecule has 3 aliphatic rings. The van der Waals surface area contributed by atoms with E-state index in [4.69, 9.17) is 4.74 Å². The van der Waals surface area contributed by atoms with Crippen LogP contribution in [0.1, 0.15) is 6.42 Å². The highest BCUT2D eigenvalue weighted by Crippen LogP contribution is 2.60. The third kappa shape index (κ3) is 0.356. The summed E-state index contributed by atoms with van der Waals surface area (Å²) >= 11 is 0. The molecule has 0 radical (unpaired) electrons. The third-order valence-electron chi connectivity index (χ3n) is 3.17. The van der Waals surface area contributed by atoms with E-state index < -0.39 is 0 Å². The lowest BCUT2D eigenvalue weighted by molar-refractivity contribution is 0.276. The average molecular weight is 134 g/mol. The van der Waals surface area contributed by atoms with Crippen molar-refractivity contribution >= 4 is 0 Å². The Morgan fingerprint density at radius 3 is 2.00 bits per heavy atom. The van der Waals surface area contributed by atoms with Crippen LogP contribution < -0.4 is 0 Å². The van der Waals surface area contributed by atoms with Crippen LogP contribution in [-0.2, 0) is 4.74 Å². The molecule has 1 heterocycles. The summed E-state index contributed by atoms with van der Waals surface area (Å²) in [6.45, 7) is 8.03. The highest BCUT2D eigenvalue weighted by Gasteiger charge is 2.62. The van der Waals surface area contributed by atoms with Crippen molar-refractivity contribution in [1.29, 1.82) is 0 Å². The van der Waals surface area contributed by atoms with Gasteiger partial charge >= 0.3 is 0 Å². The third-order valence-corrected chi connectivity index (χ3v) is 3.17. The maximum absolute atomic E-state index is 5.46. The van der Waals surface area contributed by atoms with Crippen LogP contribution in [0.25, 0.3) is 0 Å². The van der Waals surface area contributed by atoms with Crippen molar-refractivity contribution in [2.75, 3.05) is 0 Å². The van der Waals surface area contributed by atoms with Crippen molar-refractivity contribution in [1.82, 2.24) is 0 Å². The van der Waals surface area contributed by atoms with Gasteiger partial charge in [0.15, 0.2) is 0 Å². The van der Waals surface area contributed by atoms with Gasteiger partial charge in [0.1, 0.15) is 0 Å². The van der Waals surface area contributed by atoms with Crippen LogP contribution in [0, 0.1) is 11.8 Å². The van der Waals surface area contributed by atoms with Crippen molar-refractivity contribution in [3.63, 3.8) is 0 Å². The fraction of sp³-hybridized carbons (Fsp3) is 0.556. The summed E-state index contributed by atoms with van der Waals surface area (Å²) in [7, 11) is 0. The molecular weight excluding hydrogens is 124 g/mol. The van der Waals surface area contributed by atoms with Crippen LogP contribution in [0.3, 0.4) is 0 Å². The number of fused-ring (bicyclic) bond motifs is 5. The number of hydrogen-bond acceptors (Lipinski definition) is 1. The molecule has 1 saturated heterocycles. The summed E-state index contributed by atoms with van der Waals surface area (Å²) in [5.41, 5.74) is 2.53. The Hall–Kier alpha value is -0.560. The lowest BCUT2D eigenvalue weighted by atomic mass is 9.92. The van der Waals surface area contributed by atoms with Gasteiger partial charge in [0.2, 0.25) is 0 Å². The summed E-state index contributed by atoms with van der Waals surface area (Å²) in [5, 5.41) is 0. The maximum atomic E-state index is 5.46. The second-order valence-corrected chi connectivity index (χ2v) is 3.56. The van der Waals surface area contributed by atoms with E-state index in [2.05, 4.69) is 13.2 Å². The molecule has 2 bridgehead atoms. The molecule has 0 unspecified atom stereocenters. The van der Waals surface area contributed by atoms with E-state index in [1.165, 1.54) is 17.6 Å². The molecule has 0 aromatic carbocycles. The van der Waals surface area contributed by atoms with E-state index in [1.54, 1.807) is 0 Å². The van der Waals surface area contributed by atoms with Gasteiger partial charge in [-0.1, -0.05) is 13.2 Å². The minimum Gasteiger partial charge on any atom is -0.368 e.